The minimum atomic E-state index is -0.841. The van der Waals surface area contributed by atoms with Crippen molar-refractivity contribution in [2.45, 2.75) is 27.2 Å². The fraction of sp³-hybridized carbons (Fsp3) is 0.750. The standard InChI is InChI=1S/C12H21NO2/c1-9(2)11-4-5-13(8-11)7-10(3)6-12(14)15/h6,9,11H,4-5,7-8H2,1-3H3,(H,14,15). The van der Waals surface area contributed by atoms with E-state index >= 15 is 0 Å². The molecule has 1 fully saturated rings. The molecule has 1 N–H and O–H groups in total. The SMILES string of the molecule is CC(=CC(=O)O)CN1CCC(C(C)C)C1. The quantitative estimate of drug-likeness (QED) is 0.723. The van der Waals surface area contributed by atoms with Gasteiger partial charge in [0.05, 0.1) is 0 Å². The predicted octanol–water partition coefficient (Wildman–Crippen LogP) is 2.00. The Hall–Kier alpha value is -0.830. The van der Waals surface area contributed by atoms with Crippen LogP contribution in [0.4, 0.5) is 0 Å². The minimum Gasteiger partial charge on any atom is -0.478 e. The maximum absolute atomic E-state index is 10.5. The Bertz CT molecular complexity index is 258. The third-order valence-electron chi connectivity index (χ3n) is 3.09. The molecule has 1 aliphatic heterocycles. The van der Waals surface area contributed by atoms with Crippen LogP contribution in [0.15, 0.2) is 11.6 Å². The first-order valence-electron chi connectivity index (χ1n) is 5.61. The molecule has 15 heavy (non-hydrogen) atoms. The van der Waals surface area contributed by atoms with E-state index in [1.807, 2.05) is 6.92 Å². The molecule has 1 aliphatic rings. The highest BCUT2D eigenvalue weighted by atomic mass is 16.4. The van der Waals surface area contributed by atoms with Gasteiger partial charge in [-0.25, -0.2) is 4.79 Å². The van der Waals surface area contributed by atoms with Crippen LogP contribution >= 0.6 is 0 Å². The van der Waals surface area contributed by atoms with E-state index in [1.165, 1.54) is 12.5 Å². The third kappa shape index (κ3) is 4.04. The summed E-state index contributed by atoms with van der Waals surface area (Å²) >= 11 is 0. The fourth-order valence-electron chi connectivity index (χ4n) is 2.16. The largest absolute Gasteiger partial charge is 0.478 e. The summed E-state index contributed by atoms with van der Waals surface area (Å²) in [4.78, 5) is 12.8. The first-order valence-corrected chi connectivity index (χ1v) is 5.61. The van der Waals surface area contributed by atoms with Crippen LogP contribution in [-0.4, -0.2) is 35.6 Å². The number of carboxylic acids is 1. The van der Waals surface area contributed by atoms with Gasteiger partial charge in [0.25, 0.3) is 0 Å². The molecule has 3 heteroatoms. The van der Waals surface area contributed by atoms with Gasteiger partial charge in [-0.15, -0.1) is 0 Å². The van der Waals surface area contributed by atoms with Gasteiger partial charge in [0.15, 0.2) is 0 Å². The van der Waals surface area contributed by atoms with Gasteiger partial charge in [0.2, 0.25) is 0 Å². The van der Waals surface area contributed by atoms with E-state index in [0.29, 0.717) is 0 Å². The van der Waals surface area contributed by atoms with E-state index in [0.717, 1.165) is 37.0 Å². The Balaban J connectivity index is 2.39. The Morgan fingerprint density at radius 2 is 2.27 bits per heavy atom. The Morgan fingerprint density at radius 3 is 2.73 bits per heavy atom. The van der Waals surface area contributed by atoms with Crippen LogP contribution in [0.3, 0.4) is 0 Å². The average molecular weight is 211 g/mol. The van der Waals surface area contributed by atoms with E-state index < -0.39 is 5.97 Å². The Kier molecular flexibility index (Phi) is 4.33. The zero-order chi connectivity index (χ0) is 11.4. The molecule has 1 rings (SSSR count). The van der Waals surface area contributed by atoms with Crippen molar-refractivity contribution >= 4 is 5.97 Å². The van der Waals surface area contributed by atoms with E-state index in [4.69, 9.17) is 5.11 Å². The average Bonchev–Trinajstić information content (AvgIpc) is 2.50. The van der Waals surface area contributed by atoms with Crippen LogP contribution in [0.1, 0.15) is 27.2 Å². The maximum atomic E-state index is 10.5. The van der Waals surface area contributed by atoms with Crippen molar-refractivity contribution in [2.24, 2.45) is 11.8 Å². The van der Waals surface area contributed by atoms with Gasteiger partial charge in [-0.1, -0.05) is 19.4 Å². The number of likely N-dealkylation sites (tertiary alicyclic amines) is 1. The molecule has 0 aliphatic carbocycles. The van der Waals surface area contributed by atoms with Gasteiger partial charge in [-0.3, -0.25) is 4.90 Å². The van der Waals surface area contributed by atoms with Gasteiger partial charge in [-0.2, -0.15) is 0 Å². The van der Waals surface area contributed by atoms with Gasteiger partial charge in [-0.05, 0) is 31.7 Å². The molecule has 0 amide bonds. The lowest BCUT2D eigenvalue weighted by molar-refractivity contribution is -0.131. The normalized spacial score (nSPS) is 23.7. The summed E-state index contributed by atoms with van der Waals surface area (Å²) in [5.41, 5.74) is 0.937. The molecule has 3 nitrogen and oxygen atoms in total. The van der Waals surface area contributed by atoms with E-state index in [1.54, 1.807) is 0 Å². The maximum Gasteiger partial charge on any atom is 0.328 e. The molecule has 1 heterocycles. The second-order valence-corrected chi connectivity index (χ2v) is 4.86. The summed E-state index contributed by atoms with van der Waals surface area (Å²) < 4.78 is 0. The fourth-order valence-corrected chi connectivity index (χ4v) is 2.16. The number of nitrogens with zero attached hydrogens (tertiary/aromatic N) is 1. The lowest BCUT2D eigenvalue weighted by atomic mass is 9.95. The van der Waals surface area contributed by atoms with Crippen molar-refractivity contribution in [3.05, 3.63) is 11.6 Å². The molecule has 0 spiro atoms. The van der Waals surface area contributed by atoms with Crippen molar-refractivity contribution < 1.29 is 9.90 Å². The Morgan fingerprint density at radius 1 is 1.60 bits per heavy atom. The molecular formula is C12H21NO2. The van der Waals surface area contributed by atoms with E-state index in [9.17, 15) is 4.79 Å². The second kappa shape index (κ2) is 5.31. The molecule has 0 saturated carbocycles. The smallest absolute Gasteiger partial charge is 0.328 e. The number of hydrogen-bond donors (Lipinski definition) is 1. The van der Waals surface area contributed by atoms with E-state index in [-0.39, 0.29) is 0 Å². The first-order chi connectivity index (χ1) is 6.99. The summed E-state index contributed by atoms with van der Waals surface area (Å²) in [5, 5.41) is 8.60. The van der Waals surface area contributed by atoms with Crippen LogP contribution in [-0.2, 0) is 4.79 Å². The number of aliphatic carboxylic acids is 1. The molecule has 0 bridgehead atoms. The number of carbonyl (C=O) groups is 1. The predicted molar refractivity (Wildman–Crippen MR) is 60.8 cm³/mol. The Labute approximate surface area is 91.8 Å². The summed E-state index contributed by atoms with van der Waals surface area (Å²) in [6.07, 6.45) is 2.56. The zero-order valence-corrected chi connectivity index (χ0v) is 9.86. The number of carboxylic acid groups (broad SMARTS) is 1. The van der Waals surface area contributed by atoms with Crippen molar-refractivity contribution in [1.82, 2.24) is 4.90 Å². The second-order valence-electron chi connectivity index (χ2n) is 4.86. The van der Waals surface area contributed by atoms with Crippen molar-refractivity contribution in [1.29, 1.82) is 0 Å². The summed E-state index contributed by atoms with van der Waals surface area (Å²) in [7, 11) is 0. The molecular weight excluding hydrogens is 190 g/mol. The van der Waals surface area contributed by atoms with E-state index in [2.05, 4.69) is 18.7 Å². The van der Waals surface area contributed by atoms with Crippen LogP contribution in [0.25, 0.3) is 0 Å². The lowest BCUT2D eigenvalue weighted by Crippen LogP contribution is -2.24. The molecule has 0 aromatic heterocycles. The summed E-state index contributed by atoms with van der Waals surface area (Å²) in [5.74, 6) is 0.675. The highest BCUT2D eigenvalue weighted by Crippen LogP contribution is 2.23. The topological polar surface area (TPSA) is 40.5 Å². The van der Waals surface area contributed by atoms with Gasteiger partial charge in [0.1, 0.15) is 0 Å². The molecule has 1 saturated heterocycles. The summed E-state index contributed by atoms with van der Waals surface area (Å²) in [6, 6.07) is 0. The van der Waals surface area contributed by atoms with Crippen molar-refractivity contribution in [3.63, 3.8) is 0 Å². The minimum absolute atomic E-state index is 0.735. The molecule has 0 aromatic carbocycles. The molecule has 86 valence electrons. The highest BCUT2D eigenvalue weighted by Gasteiger charge is 2.24. The van der Waals surface area contributed by atoms with Crippen molar-refractivity contribution in [2.75, 3.05) is 19.6 Å². The first kappa shape index (κ1) is 12.2. The molecule has 1 unspecified atom stereocenters. The summed E-state index contributed by atoms with van der Waals surface area (Å²) in [6.45, 7) is 9.42. The van der Waals surface area contributed by atoms with Crippen LogP contribution in [0.5, 0.6) is 0 Å². The van der Waals surface area contributed by atoms with Gasteiger partial charge >= 0.3 is 5.97 Å². The monoisotopic (exact) mass is 211 g/mol. The van der Waals surface area contributed by atoms with Gasteiger partial charge in [0, 0.05) is 19.2 Å². The molecule has 0 aromatic rings. The molecule has 0 radical (unpaired) electrons. The van der Waals surface area contributed by atoms with Crippen LogP contribution in [0, 0.1) is 11.8 Å². The number of hydrogen-bond acceptors (Lipinski definition) is 2. The molecule has 1 atom stereocenters. The van der Waals surface area contributed by atoms with Gasteiger partial charge < -0.3 is 5.11 Å². The van der Waals surface area contributed by atoms with Crippen LogP contribution < -0.4 is 0 Å². The highest BCUT2D eigenvalue weighted by molar-refractivity contribution is 5.80. The lowest BCUT2D eigenvalue weighted by Gasteiger charge is -2.17. The van der Waals surface area contributed by atoms with Crippen LogP contribution in [0.2, 0.25) is 0 Å². The number of rotatable bonds is 4. The third-order valence-corrected chi connectivity index (χ3v) is 3.09. The zero-order valence-electron chi connectivity index (χ0n) is 9.86. The van der Waals surface area contributed by atoms with Crippen molar-refractivity contribution in [3.8, 4) is 0 Å².